The van der Waals surface area contributed by atoms with Gasteiger partial charge in [0.05, 0.1) is 18.8 Å². The molecule has 0 saturated carbocycles. The van der Waals surface area contributed by atoms with Gasteiger partial charge in [0.1, 0.15) is 11.0 Å². The number of rotatable bonds is 4. The van der Waals surface area contributed by atoms with Crippen molar-refractivity contribution < 1.29 is 13.6 Å². The van der Waals surface area contributed by atoms with Crippen LogP contribution in [0.3, 0.4) is 0 Å². The summed E-state index contributed by atoms with van der Waals surface area (Å²) in [6.07, 6.45) is 0.721. The van der Waals surface area contributed by atoms with Crippen molar-refractivity contribution in [2.75, 3.05) is 18.0 Å². The zero-order valence-electron chi connectivity index (χ0n) is 11.2. The van der Waals surface area contributed by atoms with E-state index in [-0.39, 0.29) is 24.5 Å². The number of anilines is 1. The molecular formula is C11H13FN6O2S. The summed E-state index contributed by atoms with van der Waals surface area (Å²) < 4.78 is 22.6. The summed E-state index contributed by atoms with van der Waals surface area (Å²) in [6, 6.07) is 0.0658. The van der Waals surface area contributed by atoms with Crippen molar-refractivity contribution >= 4 is 23.5 Å². The lowest BCUT2D eigenvalue weighted by molar-refractivity contribution is 0.0954. The van der Waals surface area contributed by atoms with Crippen LogP contribution in [0.2, 0.25) is 0 Å². The summed E-state index contributed by atoms with van der Waals surface area (Å²) in [7, 11) is 0. The number of carbonyl (C=O) groups is 1. The van der Waals surface area contributed by atoms with Gasteiger partial charge < -0.3 is 14.6 Å². The fourth-order valence-corrected chi connectivity index (χ4v) is 2.69. The van der Waals surface area contributed by atoms with Crippen LogP contribution >= 0.6 is 11.5 Å². The van der Waals surface area contributed by atoms with Gasteiger partial charge in [-0.2, -0.15) is 0 Å². The molecule has 0 unspecified atom stereocenters. The topological polar surface area (TPSA) is 97.0 Å². The van der Waals surface area contributed by atoms with Crippen LogP contribution in [0.15, 0.2) is 10.6 Å². The zero-order valence-corrected chi connectivity index (χ0v) is 12.0. The molecule has 0 aliphatic carbocycles. The Bertz CT molecular complexity index is 618. The van der Waals surface area contributed by atoms with E-state index in [1.54, 1.807) is 11.8 Å². The van der Waals surface area contributed by atoms with Crippen molar-refractivity contribution in [3.05, 3.63) is 17.0 Å². The molecule has 0 radical (unpaired) electrons. The SMILES string of the molecule is Cc1nnc(N2C[C@@H](F)C[C@H]2CNC(=O)c2cnns2)o1. The molecule has 2 aromatic rings. The Balaban J connectivity index is 1.64. The second-order valence-electron chi connectivity index (χ2n) is 4.73. The van der Waals surface area contributed by atoms with Crippen LogP contribution < -0.4 is 10.2 Å². The van der Waals surface area contributed by atoms with E-state index in [0.717, 1.165) is 11.5 Å². The lowest BCUT2D eigenvalue weighted by Crippen LogP contribution is -2.40. The molecule has 3 heterocycles. The Hall–Kier alpha value is -2.10. The first-order valence-electron chi connectivity index (χ1n) is 6.40. The van der Waals surface area contributed by atoms with Gasteiger partial charge in [0.15, 0.2) is 0 Å². The number of nitrogens with zero attached hydrogens (tertiary/aromatic N) is 5. The lowest BCUT2D eigenvalue weighted by Gasteiger charge is -2.21. The number of halogens is 1. The second kappa shape index (κ2) is 5.72. The third kappa shape index (κ3) is 2.99. The smallest absolute Gasteiger partial charge is 0.318 e. The first kappa shape index (κ1) is 13.9. The highest BCUT2D eigenvalue weighted by atomic mass is 32.1. The van der Waals surface area contributed by atoms with Gasteiger partial charge in [-0.1, -0.05) is 9.59 Å². The minimum Gasteiger partial charge on any atom is -0.408 e. The minimum absolute atomic E-state index is 0.185. The molecule has 8 nitrogen and oxygen atoms in total. The number of hydrogen-bond acceptors (Lipinski definition) is 8. The molecule has 21 heavy (non-hydrogen) atoms. The minimum atomic E-state index is -0.982. The maximum absolute atomic E-state index is 13.7. The normalized spacial score (nSPS) is 21.7. The maximum atomic E-state index is 13.7. The van der Waals surface area contributed by atoms with E-state index in [9.17, 15) is 9.18 Å². The monoisotopic (exact) mass is 312 g/mol. The summed E-state index contributed by atoms with van der Waals surface area (Å²) in [5.74, 6) is 0.153. The highest BCUT2D eigenvalue weighted by molar-refractivity contribution is 7.07. The fraction of sp³-hybridized carbons (Fsp3) is 0.545. The number of amides is 1. The van der Waals surface area contributed by atoms with E-state index in [1.807, 2.05) is 0 Å². The Labute approximate surface area is 123 Å². The molecule has 1 saturated heterocycles. The Kier molecular flexibility index (Phi) is 3.78. The number of nitrogens with one attached hydrogen (secondary N) is 1. The molecule has 112 valence electrons. The molecule has 0 spiro atoms. The summed E-state index contributed by atoms with van der Waals surface area (Å²) in [5.41, 5.74) is 0. The fourth-order valence-electron chi connectivity index (χ4n) is 2.25. The second-order valence-corrected chi connectivity index (χ2v) is 5.52. The van der Waals surface area contributed by atoms with Crippen molar-refractivity contribution in [2.24, 2.45) is 0 Å². The van der Waals surface area contributed by atoms with Crippen LogP contribution in [0.1, 0.15) is 22.0 Å². The molecule has 1 amide bonds. The molecule has 1 fully saturated rings. The summed E-state index contributed by atoms with van der Waals surface area (Å²) in [6.45, 7) is 2.15. The number of aromatic nitrogens is 4. The van der Waals surface area contributed by atoms with Crippen molar-refractivity contribution in [1.82, 2.24) is 25.1 Å². The molecule has 2 aromatic heterocycles. The van der Waals surface area contributed by atoms with Crippen LogP contribution in [-0.2, 0) is 0 Å². The largest absolute Gasteiger partial charge is 0.408 e. The van der Waals surface area contributed by atoms with E-state index >= 15 is 0 Å². The van der Waals surface area contributed by atoms with E-state index in [4.69, 9.17) is 4.42 Å². The van der Waals surface area contributed by atoms with Crippen molar-refractivity contribution in [3.8, 4) is 0 Å². The van der Waals surface area contributed by atoms with Crippen molar-refractivity contribution in [3.63, 3.8) is 0 Å². The number of carbonyl (C=O) groups excluding carboxylic acids is 1. The average molecular weight is 312 g/mol. The predicted molar refractivity (Wildman–Crippen MR) is 71.9 cm³/mol. The van der Waals surface area contributed by atoms with Crippen molar-refractivity contribution in [2.45, 2.75) is 25.6 Å². The van der Waals surface area contributed by atoms with Gasteiger partial charge in [-0.05, 0) is 11.5 Å². The van der Waals surface area contributed by atoms with Gasteiger partial charge in [0.25, 0.3) is 5.91 Å². The van der Waals surface area contributed by atoms with Gasteiger partial charge in [-0.15, -0.1) is 10.2 Å². The number of hydrogen-bond donors (Lipinski definition) is 1. The molecule has 2 atom stereocenters. The summed E-state index contributed by atoms with van der Waals surface area (Å²) in [5, 5.41) is 14.0. The number of alkyl halides is 1. The number of aryl methyl sites for hydroxylation is 1. The Morgan fingerprint density at radius 2 is 2.48 bits per heavy atom. The third-order valence-electron chi connectivity index (χ3n) is 3.21. The van der Waals surface area contributed by atoms with Crippen LogP contribution in [0.5, 0.6) is 0 Å². The van der Waals surface area contributed by atoms with Gasteiger partial charge >= 0.3 is 6.01 Å². The van der Waals surface area contributed by atoms with Gasteiger partial charge in [-0.3, -0.25) is 4.79 Å². The van der Waals surface area contributed by atoms with Crippen LogP contribution in [0.25, 0.3) is 0 Å². The van der Waals surface area contributed by atoms with E-state index < -0.39 is 6.17 Å². The molecule has 0 aromatic carbocycles. The molecule has 0 bridgehead atoms. The van der Waals surface area contributed by atoms with E-state index in [0.29, 0.717) is 23.7 Å². The van der Waals surface area contributed by atoms with Gasteiger partial charge in [0.2, 0.25) is 5.89 Å². The summed E-state index contributed by atoms with van der Waals surface area (Å²) in [4.78, 5) is 14.0. The predicted octanol–water partition coefficient (Wildman–Crippen LogP) is 0.576. The lowest BCUT2D eigenvalue weighted by atomic mass is 10.2. The Morgan fingerprint density at radius 1 is 1.62 bits per heavy atom. The quantitative estimate of drug-likeness (QED) is 0.881. The van der Waals surface area contributed by atoms with Gasteiger partial charge in [-0.25, -0.2) is 4.39 Å². The molecule has 3 rings (SSSR count). The standard InChI is InChI=1S/C11H13FN6O2S/c1-6-15-16-11(20-6)18-5-7(12)2-8(18)3-13-10(19)9-4-14-17-21-9/h4,7-8H,2-3,5H2,1H3,(H,13,19)/t7-,8-/m0/s1. The zero-order chi connectivity index (χ0) is 14.8. The molecular weight excluding hydrogens is 299 g/mol. The van der Waals surface area contributed by atoms with Crippen LogP contribution in [0, 0.1) is 6.92 Å². The highest BCUT2D eigenvalue weighted by Gasteiger charge is 2.35. The third-order valence-corrected chi connectivity index (χ3v) is 3.87. The van der Waals surface area contributed by atoms with E-state index in [2.05, 4.69) is 25.1 Å². The molecule has 10 heteroatoms. The summed E-state index contributed by atoms with van der Waals surface area (Å²) >= 11 is 1.01. The highest BCUT2D eigenvalue weighted by Crippen LogP contribution is 2.25. The average Bonchev–Trinajstić information content (AvgIpc) is 3.16. The van der Waals surface area contributed by atoms with Gasteiger partial charge in [0, 0.05) is 19.9 Å². The molecule has 1 aliphatic heterocycles. The van der Waals surface area contributed by atoms with Crippen LogP contribution in [0.4, 0.5) is 10.4 Å². The molecule has 1 aliphatic rings. The van der Waals surface area contributed by atoms with Crippen molar-refractivity contribution in [1.29, 1.82) is 0 Å². The molecule has 1 N–H and O–H groups in total. The Morgan fingerprint density at radius 3 is 3.14 bits per heavy atom. The van der Waals surface area contributed by atoms with Crippen LogP contribution in [-0.4, -0.2) is 51.0 Å². The first-order chi connectivity index (χ1) is 10.1. The first-order valence-corrected chi connectivity index (χ1v) is 7.17. The van der Waals surface area contributed by atoms with E-state index in [1.165, 1.54) is 6.20 Å². The maximum Gasteiger partial charge on any atom is 0.318 e.